The number of aromatic nitrogens is 1. The summed E-state index contributed by atoms with van der Waals surface area (Å²) >= 11 is 0. The number of anilines is 1. The molecule has 0 saturated carbocycles. The molecule has 5 rings (SSSR count). The Morgan fingerprint density at radius 3 is 2.57 bits per heavy atom. The fourth-order valence-electron chi connectivity index (χ4n) is 5.44. The third-order valence-corrected chi connectivity index (χ3v) is 6.89. The molecule has 3 aromatic rings. The minimum atomic E-state index is -4.46. The number of pyridine rings is 1. The van der Waals surface area contributed by atoms with Gasteiger partial charge in [-0.25, -0.2) is 4.98 Å². The van der Waals surface area contributed by atoms with Crippen LogP contribution in [0.15, 0.2) is 60.7 Å². The molecule has 1 fully saturated rings. The van der Waals surface area contributed by atoms with Crippen molar-refractivity contribution in [1.82, 2.24) is 4.98 Å². The van der Waals surface area contributed by atoms with Crippen LogP contribution in [0, 0.1) is 5.92 Å². The van der Waals surface area contributed by atoms with E-state index in [9.17, 15) is 18.0 Å². The second-order valence-electron chi connectivity index (χ2n) is 8.42. The molecule has 154 valence electrons. The van der Waals surface area contributed by atoms with Crippen LogP contribution < -0.4 is 4.90 Å². The van der Waals surface area contributed by atoms with Crippen molar-refractivity contribution in [3.8, 4) is 0 Å². The smallest absolute Gasteiger partial charge is 0.293 e. The van der Waals surface area contributed by atoms with Crippen LogP contribution in [-0.2, 0) is 16.6 Å². The third kappa shape index (κ3) is 2.73. The molecule has 30 heavy (non-hydrogen) atoms. The number of para-hydroxylation sites is 1. The number of benzene rings is 2. The minimum absolute atomic E-state index is 0.426. The summed E-state index contributed by atoms with van der Waals surface area (Å²) in [7, 11) is 0. The number of amides is 1. The fraction of sp³-hybridized carbons (Fsp3) is 0.333. The summed E-state index contributed by atoms with van der Waals surface area (Å²) in [5, 5.41) is 0.927. The summed E-state index contributed by atoms with van der Waals surface area (Å²) in [5.74, 6) is -1.81. The molecule has 1 saturated heterocycles. The molecule has 1 amide bonds. The van der Waals surface area contributed by atoms with Gasteiger partial charge in [0.25, 0.3) is 0 Å². The van der Waals surface area contributed by atoms with Crippen molar-refractivity contribution in [2.75, 3.05) is 4.90 Å². The number of halogens is 3. The topological polar surface area (TPSA) is 33.2 Å². The van der Waals surface area contributed by atoms with Gasteiger partial charge in [-0.3, -0.25) is 9.69 Å². The van der Waals surface area contributed by atoms with Crippen LogP contribution in [0.3, 0.4) is 0 Å². The summed E-state index contributed by atoms with van der Waals surface area (Å²) < 4.78 is 42.5. The average Bonchev–Trinajstić information content (AvgIpc) is 2.73. The third-order valence-electron chi connectivity index (χ3n) is 6.89. The zero-order valence-electron chi connectivity index (χ0n) is 16.5. The maximum Gasteiger partial charge on any atom is 0.393 e. The number of fused-ring (bicyclic) bond motifs is 4. The van der Waals surface area contributed by atoms with Gasteiger partial charge < -0.3 is 0 Å². The molecule has 1 aliphatic heterocycles. The Morgan fingerprint density at radius 1 is 1.03 bits per heavy atom. The average molecular weight is 410 g/mol. The van der Waals surface area contributed by atoms with Crippen LogP contribution in [0.2, 0.25) is 0 Å². The standard InChI is InChI=1S/C24H21F3N2O/c1-23-17-8-4-2-6-15(17)10-12-20(23)29(22(30)14-19(23)24(25,26)27)21-13-11-16-7-3-5-9-18(16)28-21/h2-9,11,13,19-20H,10,12,14H2,1H3. The highest BCUT2D eigenvalue weighted by Gasteiger charge is 2.62. The largest absolute Gasteiger partial charge is 0.393 e. The number of rotatable bonds is 1. The van der Waals surface area contributed by atoms with Gasteiger partial charge in [-0.15, -0.1) is 0 Å². The Kier molecular flexibility index (Phi) is 4.17. The maximum atomic E-state index is 14.2. The van der Waals surface area contributed by atoms with Gasteiger partial charge in [-0.05, 0) is 42.2 Å². The number of hydrogen-bond acceptors (Lipinski definition) is 2. The number of hydrogen-bond donors (Lipinski definition) is 0. The monoisotopic (exact) mass is 410 g/mol. The SMILES string of the molecule is CC12c3ccccc3CCC1N(c1ccc3ccccc3n1)C(=O)CC2C(F)(F)F. The molecule has 1 aromatic heterocycles. The number of carbonyl (C=O) groups is 1. The Bertz CT molecular complexity index is 1140. The van der Waals surface area contributed by atoms with Crippen molar-refractivity contribution in [1.29, 1.82) is 0 Å². The Morgan fingerprint density at radius 2 is 1.77 bits per heavy atom. The summed E-state index contributed by atoms with van der Waals surface area (Å²) in [5.41, 5.74) is 1.13. The van der Waals surface area contributed by atoms with Gasteiger partial charge >= 0.3 is 6.18 Å². The Balaban J connectivity index is 1.69. The van der Waals surface area contributed by atoms with E-state index in [0.29, 0.717) is 24.2 Å². The van der Waals surface area contributed by atoms with Gasteiger partial charge in [0.2, 0.25) is 5.91 Å². The normalized spacial score (nSPS) is 26.4. The highest BCUT2D eigenvalue weighted by molar-refractivity contribution is 5.96. The lowest BCUT2D eigenvalue weighted by Crippen LogP contribution is -2.65. The van der Waals surface area contributed by atoms with Crippen molar-refractivity contribution in [3.05, 3.63) is 71.8 Å². The minimum Gasteiger partial charge on any atom is -0.293 e. The van der Waals surface area contributed by atoms with Crippen molar-refractivity contribution in [2.24, 2.45) is 5.92 Å². The zero-order valence-corrected chi connectivity index (χ0v) is 16.5. The number of carbonyl (C=O) groups excluding carboxylic acids is 1. The number of aryl methyl sites for hydroxylation is 1. The predicted octanol–water partition coefficient (Wildman–Crippen LogP) is 5.42. The Hall–Kier alpha value is -2.89. The fourth-order valence-corrected chi connectivity index (χ4v) is 5.44. The maximum absolute atomic E-state index is 14.2. The van der Waals surface area contributed by atoms with Gasteiger partial charge in [0.05, 0.1) is 11.4 Å². The summed E-state index contributed by atoms with van der Waals surface area (Å²) in [6.07, 6.45) is -3.92. The lowest BCUT2D eigenvalue weighted by molar-refractivity contribution is -0.203. The van der Waals surface area contributed by atoms with Crippen LogP contribution in [0.25, 0.3) is 10.9 Å². The van der Waals surface area contributed by atoms with E-state index in [0.717, 1.165) is 16.5 Å². The van der Waals surface area contributed by atoms with Crippen molar-refractivity contribution < 1.29 is 18.0 Å². The summed E-state index contributed by atoms with van der Waals surface area (Å²) in [6, 6.07) is 17.9. The van der Waals surface area contributed by atoms with Crippen LogP contribution in [0.5, 0.6) is 0 Å². The van der Waals surface area contributed by atoms with Crippen molar-refractivity contribution >= 4 is 22.6 Å². The molecule has 6 heteroatoms. The molecule has 0 N–H and O–H groups in total. The lowest BCUT2D eigenvalue weighted by Gasteiger charge is -2.55. The molecule has 0 radical (unpaired) electrons. The van der Waals surface area contributed by atoms with Crippen molar-refractivity contribution in [3.63, 3.8) is 0 Å². The summed E-state index contributed by atoms with van der Waals surface area (Å²) in [4.78, 5) is 19.3. The molecule has 2 heterocycles. The van der Waals surface area contributed by atoms with Crippen LogP contribution in [0.1, 0.15) is 30.9 Å². The van der Waals surface area contributed by atoms with E-state index in [1.165, 1.54) is 4.90 Å². The molecule has 2 aliphatic rings. The van der Waals surface area contributed by atoms with E-state index in [2.05, 4.69) is 4.98 Å². The van der Waals surface area contributed by atoms with Crippen LogP contribution >= 0.6 is 0 Å². The van der Waals surface area contributed by atoms with E-state index < -0.39 is 35.9 Å². The van der Waals surface area contributed by atoms with Crippen molar-refractivity contribution in [2.45, 2.75) is 43.8 Å². The van der Waals surface area contributed by atoms with E-state index in [1.807, 2.05) is 42.5 Å². The first-order chi connectivity index (χ1) is 14.3. The van der Waals surface area contributed by atoms with Gasteiger partial charge in [0, 0.05) is 23.3 Å². The molecule has 2 aromatic carbocycles. The summed E-state index contributed by atoms with van der Waals surface area (Å²) in [6.45, 7) is 1.67. The van der Waals surface area contributed by atoms with E-state index in [1.54, 1.807) is 25.1 Å². The molecule has 0 spiro atoms. The first-order valence-electron chi connectivity index (χ1n) is 10.1. The van der Waals surface area contributed by atoms with Crippen LogP contribution in [-0.4, -0.2) is 23.1 Å². The van der Waals surface area contributed by atoms with Gasteiger partial charge in [0.1, 0.15) is 5.82 Å². The van der Waals surface area contributed by atoms with E-state index >= 15 is 0 Å². The van der Waals surface area contributed by atoms with Crippen LogP contribution in [0.4, 0.5) is 19.0 Å². The first-order valence-corrected chi connectivity index (χ1v) is 10.1. The number of nitrogens with zero attached hydrogens (tertiary/aromatic N) is 2. The zero-order chi connectivity index (χ0) is 21.1. The molecular formula is C24H21F3N2O. The molecule has 3 unspecified atom stereocenters. The first kappa shape index (κ1) is 19.1. The number of alkyl halides is 3. The second kappa shape index (κ2) is 6.56. The molecule has 3 atom stereocenters. The second-order valence-corrected chi connectivity index (χ2v) is 8.42. The highest BCUT2D eigenvalue weighted by Crippen LogP contribution is 2.54. The van der Waals surface area contributed by atoms with Gasteiger partial charge in [-0.2, -0.15) is 13.2 Å². The molecule has 3 nitrogen and oxygen atoms in total. The Labute approximate surface area is 172 Å². The predicted molar refractivity (Wildman–Crippen MR) is 109 cm³/mol. The van der Waals surface area contributed by atoms with E-state index in [-0.39, 0.29) is 0 Å². The van der Waals surface area contributed by atoms with E-state index in [4.69, 9.17) is 0 Å². The highest BCUT2D eigenvalue weighted by atomic mass is 19.4. The van der Waals surface area contributed by atoms with Gasteiger partial charge in [-0.1, -0.05) is 49.4 Å². The molecule has 1 aliphatic carbocycles. The molecular weight excluding hydrogens is 389 g/mol. The quantitative estimate of drug-likeness (QED) is 0.537. The lowest BCUT2D eigenvalue weighted by atomic mass is 9.57. The molecule has 0 bridgehead atoms. The number of piperidine rings is 1. The van der Waals surface area contributed by atoms with Gasteiger partial charge in [0.15, 0.2) is 0 Å².